The lowest BCUT2D eigenvalue weighted by molar-refractivity contribution is -0.159. The maximum absolute atomic E-state index is 11.1. The summed E-state index contributed by atoms with van der Waals surface area (Å²) in [5.74, 6) is -1.71. The predicted octanol–water partition coefficient (Wildman–Crippen LogP) is 0.527. The Kier molecular flexibility index (Phi) is 4.82. The van der Waals surface area contributed by atoms with Crippen molar-refractivity contribution in [2.75, 3.05) is 32.8 Å². The molecule has 0 spiro atoms. The third kappa shape index (κ3) is 3.54. The molecule has 3 fully saturated rings. The van der Waals surface area contributed by atoms with Crippen molar-refractivity contribution in [3.8, 4) is 11.5 Å². The number of ether oxygens (including phenoxy) is 2. The summed E-state index contributed by atoms with van der Waals surface area (Å²) < 4.78 is 11.2. The number of carboxylic acid groups (broad SMARTS) is 2. The molecule has 4 aliphatic rings. The first-order valence-corrected chi connectivity index (χ1v) is 8.21. The number of piperidine rings is 3. The summed E-state index contributed by atoms with van der Waals surface area (Å²) in [6.45, 7) is 4.18. The van der Waals surface area contributed by atoms with Gasteiger partial charge in [-0.15, -0.1) is 0 Å². The topological polar surface area (TPSA) is 117 Å². The van der Waals surface area contributed by atoms with Gasteiger partial charge < -0.3 is 29.7 Å². The minimum absolute atomic E-state index is 0.375. The molecule has 0 amide bonds. The number of aliphatic carboxylic acids is 2. The van der Waals surface area contributed by atoms with E-state index in [1.54, 1.807) is 0 Å². The van der Waals surface area contributed by atoms with Crippen LogP contribution in [0.2, 0.25) is 0 Å². The molecule has 8 nitrogen and oxygen atoms in total. The molecule has 3 N–H and O–H groups in total. The average molecular weight is 351 g/mol. The quantitative estimate of drug-likeness (QED) is 0.627. The van der Waals surface area contributed by atoms with Gasteiger partial charge in [0.05, 0.1) is 0 Å². The monoisotopic (exact) mass is 351 g/mol. The molecule has 0 aromatic heterocycles. The van der Waals surface area contributed by atoms with Crippen molar-refractivity contribution in [2.45, 2.75) is 18.4 Å². The van der Waals surface area contributed by atoms with E-state index in [9.17, 15) is 5.11 Å². The minimum atomic E-state index is -1.82. The maximum atomic E-state index is 11.1. The Labute approximate surface area is 144 Å². The molecule has 4 aliphatic heterocycles. The number of nitrogens with zero attached hydrogens (tertiary/aromatic N) is 1. The van der Waals surface area contributed by atoms with Crippen molar-refractivity contribution < 1.29 is 34.4 Å². The lowest BCUT2D eigenvalue weighted by Crippen LogP contribution is -2.57. The van der Waals surface area contributed by atoms with E-state index >= 15 is 0 Å². The van der Waals surface area contributed by atoms with Crippen LogP contribution in [0.3, 0.4) is 0 Å². The van der Waals surface area contributed by atoms with Gasteiger partial charge in [-0.2, -0.15) is 0 Å². The number of fused-ring (bicyclic) bond motifs is 4. The van der Waals surface area contributed by atoms with Crippen molar-refractivity contribution in [3.05, 3.63) is 23.8 Å². The van der Waals surface area contributed by atoms with Crippen LogP contribution in [0, 0.1) is 5.92 Å². The molecule has 0 aliphatic carbocycles. The summed E-state index contributed by atoms with van der Waals surface area (Å²) in [6, 6.07) is 5.89. The Bertz CT molecular complexity index is 657. The van der Waals surface area contributed by atoms with Gasteiger partial charge in [0.25, 0.3) is 0 Å². The molecule has 1 aromatic rings. The second-order valence-electron chi connectivity index (χ2n) is 6.44. The largest absolute Gasteiger partial charge is 0.486 e. The van der Waals surface area contributed by atoms with Gasteiger partial charge in [-0.3, -0.25) is 0 Å². The van der Waals surface area contributed by atoms with E-state index < -0.39 is 17.5 Å². The summed E-state index contributed by atoms with van der Waals surface area (Å²) in [6.07, 6.45) is 2.18. The molecule has 136 valence electrons. The Morgan fingerprint density at radius 3 is 2.16 bits per heavy atom. The van der Waals surface area contributed by atoms with Gasteiger partial charge in [0.2, 0.25) is 0 Å². The van der Waals surface area contributed by atoms with Crippen LogP contribution in [0.1, 0.15) is 18.4 Å². The first kappa shape index (κ1) is 17.5. The fraction of sp³-hybridized carbons (Fsp3) is 0.529. The lowest BCUT2D eigenvalue weighted by Gasteiger charge is -2.50. The summed E-state index contributed by atoms with van der Waals surface area (Å²) >= 11 is 0. The molecule has 0 saturated carbocycles. The van der Waals surface area contributed by atoms with Crippen LogP contribution in [-0.4, -0.2) is 65.0 Å². The van der Waals surface area contributed by atoms with Gasteiger partial charge in [-0.05, 0) is 49.5 Å². The van der Waals surface area contributed by atoms with Crippen LogP contribution in [-0.2, 0) is 15.2 Å². The Balaban J connectivity index is 0.000000265. The number of benzene rings is 1. The highest BCUT2D eigenvalue weighted by molar-refractivity contribution is 6.27. The van der Waals surface area contributed by atoms with E-state index in [1.165, 1.54) is 0 Å². The molecule has 1 unspecified atom stereocenters. The molecular formula is C17H21NO7. The average Bonchev–Trinajstić information content (AvgIpc) is 2.62. The highest BCUT2D eigenvalue weighted by atomic mass is 16.6. The molecule has 25 heavy (non-hydrogen) atoms. The first-order valence-electron chi connectivity index (χ1n) is 8.21. The number of carboxylic acids is 2. The standard InChI is InChI=1S/C15H19NO3.C2H2O4/c17-15(10-16-5-3-11(15)4-6-16)12-1-2-13-14(9-12)19-8-7-18-13;3-1(4)2(5)6/h1-2,9,11,17H,3-8,10H2;(H,3,4)(H,5,6). The fourth-order valence-electron chi connectivity index (χ4n) is 3.68. The van der Waals surface area contributed by atoms with E-state index in [-0.39, 0.29) is 0 Å². The van der Waals surface area contributed by atoms with E-state index in [2.05, 4.69) is 4.90 Å². The number of hydrogen-bond acceptors (Lipinski definition) is 6. The predicted molar refractivity (Wildman–Crippen MR) is 85.8 cm³/mol. The zero-order valence-corrected chi connectivity index (χ0v) is 13.7. The van der Waals surface area contributed by atoms with Crippen molar-refractivity contribution in [1.82, 2.24) is 4.90 Å². The summed E-state index contributed by atoms with van der Waals surface area (Å²) in [7, 11) is 0. The van der Waals surface area contributed by atoms with Crippen LogP contribution >= 0.6 is 0 Å². The van der Waals surface area contributed by atoms with E-state index in [0.717, 1.165) is 49.5 Å². The summed E-state index contributed by atoms with van der Waals surface area (Å²) in [5.41, 5.74) is 0.262. The maximum Gasteiger partial charge on any atom is 0.414 e. The SMILES string of the molecule is O=C(O)C(=O)O.OC1(c2ccc3c(c2)OCCO3)CN2CCC1CC2. The third-order valence-electron chi connectivity index (χ3n) is 4.95. The second-order valence-corrected chi connectivity index (χ2v) is 6.44. The van der Waals surface area contributed by atoms with E-state index in [1.807, 2.05) is 18.2 Å². The van der Waals surface area contributed by atoms with Gasteiger partial charge in [-0.1, -0.05) is 6.07 Å². The zero-order valence-electron chi connectivity index (χ0n) is 13.7. The summed E-state index contributed by atoms with van der Waals surface area (Å²) in [4.78, 5) is 20.6. The molecule has 3 saturated heterocycles. The highest BCUT2D eigenvalue weighted by Gasteiger charge is 2.46. The van der Waals surface area contributed by atoms with Crippen molar-refractivity contribution in [3.63, 3.8) is 0 Å². The number of aliphatic hydroxyl groups is 1. The van der Waals surface area contributed by atoms with E-state index in [0.29, 0.717) is 19.1 Å². The Hall–Kier alpha value is -2.32. The normalized spacial score (nSPS) is 29.3. The Morgan fingerprint density at radius 2 is 1.64 bits per heavy atom. The number of rotatable bonds is 1. The van der Waals surface area contributed by atoms with Gasteiger partial charge in [-0.25, -0.2) is 9.59 Å². The number of carbonyl (C=O) groups is 2. The molecule has 1 atom stereocenters. The molecule has 0 radical (unpaired) electrons. The first-order chi connectivity index (χ1) is 11.9. The Morgan fingerprint density at radius 1 is 1.04 bits per heavy atom. The molecule has 8 heteroatoms. The van der Waals surface area contributed by atoms with E-state index in [4.69, 9.17) is 29.3 Å². The van der Waals surface area contributed by atoms with Crippen LogP contribution < -0.4 is 9.47 Å². The number of hydrogen-bond donors (Lipinski definition) is 3. The third-order valence-corrected chi connectivity index (χ3v) is 4.95. The van der Waals surface area contributed by atoms with Gasteiger partial charge in [0, 0.05) is 6.54 Å². The second kappa shape index (κ2) is 6.89. The van der Waals surface area contributed by atoms with Crippen LogP contribution in [0.25, 0.3) is 0 Å². The minimum Gasteiger partial charge on any atom is -0.486 e. The summed E-state index contributed by atoms with van der Waals surface area (Å²) in [5, 5.41) is 25.9. The molecular weight excluding hydrogens is 330 g/mol. The van der Waals surface area contributed by atoms with Crippen LogP contribution in [0.5, 0.6) is 11.5 Å². The van der Waals surface area contributed by atoms with Crippen molar-refractivity contribution in [2.24, 2.45) is 5.92 Å². The lowest BCUT2D eigenvalue weighted by atomic mass is 9.71. The smallest absolute Gasteiger partial charge is 0.414 e. The van der Waals surface area contributed by atoms with Gasteiger partial charge >= 0.3 is 11.9 Å². The molecule has 2 bridgehead atoms. The fourth-order valence-corrected chi connectivity index (χ4v) is 3.68. The van der Waals surface area contributed by atoms with Crippen molar-refractivity contribution >= 4 is 11.9 Å². The highest BCUT2D eigenvalue weighted by Crippen LogP contribution is 2.44. The zero-order chi connectivity index (χ0) is 18.0. The van der Waals surface area contributed by atoms with Crippen molar-refractivity contribution in [1.29, 1.82) is 0 Å². The molecule has 1 aromatic carbocycles. The molecule has 4 heterocycles. The van der Waals surface area contributed by atoms with Crippen LogP contribution in [0.15, 0.2) is 18.2 Å². The molecule has 5 rings (SSSR count). The van der Waals surface area contributed by atoms with Gasteiger partial charge in [0.1, 0.15) is 18.8 Å². The van der Waals surface area contributed by atoms with Gasteiger partial charge in [0.15, 0.2) is 11.5 Å². The van der Waals surface area contributed by atoms with Crippen LogP contribution in [0.4, 0.5) is 0 Å².